The molecular formula is C18H21NO4. The van der Waals surface area contributed by atoms with Crippen LogP contribution in [-0.2, 0) is 11.2 Å². The van der Waals surface area contributed by atoms with Gasteiger partial charge in [-0.05, 0) is 51.8 Å². The zero-order valence-electron chi connectivity index (χ0n) is 13.9. The van der Waals surface area contributed by atoms with Gasteiger partial charge in [0.25, 0.3) is 0 Å². The molecule has 0 radical (unpaired) electrons. The molecule has 2 aromatic rings. The molecule has 5 heteroatoms. The van der Waals surface area contributed by atoms with Crippen molar-refractivity contribution in [1.82, 2.24) is 0 Å². The lowest BCUT2D eigenvalue weighted by Crippen LogP contribution is -2.15. The molecule has 2 rings (SSSR count). The van der Waals surface area contributed by atoms with Crippen LogP contribution < -0.4 is 10.9 Å². The zero-order valence-corrected chi connectivity index (χ0v) is 13.9. The first-order valence-electron chi connectivity index (χ1n) is 7.55. The van der Waals surface area contributed by atoms with E-state index < -0.39 is 11.7 Å². The zero-order chi connectivity index (χ0) is 17.0. The Labute approximate surface area is 134 Å². The Morgan fingerprint density at radius 2 is 2.09 bits per heavy atom. The van der Waals surface area contributed by atoms with Crippen LogP contribution in [-0.4, -0.2) is 12.7 Å². The van der Waals surface area contributed by atoms with Crippen molar-refractivity contribution in [2.45, 2.75) is 34.1 Å². The van der Waals surface area contributed by atoms with Crippen molar-refractivity contribution in [3.8, 4) is 0 Å². The van der Waals surface area contributed by atoms with Gasteiger partial charge >= 0.3 is 11.7 Å². The SMILES string of the molecule is CCOC(=O)Nc1ccc2c(C)cc(=O)oc2c1CC=C(C)C. The molecule has 1 aromatic heterocycles. The third kappa shape index (κ3) is 4.00. The molecule has 0 saturated carbocycles. The van der Waals surface area contributed by atoms with Crippen LogP contribution >= 0.6 is 0 Å². The number of hydrogen-bond acceptors (Lipinski definition) is 4. The molecule has 0 unspecified atom stereocenters. The third-order valence-corrected chi connectivity index (χ3v) is 3.45. The van der Waals surface area contributed by atoms with Crippen LogP contribution in [0.3, 0.4) is 0 Å². The molecule has 5 nitrogen and oxygen atoms in total. The molecule has 1 amide bonds. The highest BCUT2D eigenvalue weighted by atomic mass is 16.5. The molecule has 0 saturated heterocycles. The number of hydrogen-bond donors (Lipinski definition) is 1. The molecular weight excluding hydrogens is 294 g/mol. The normalized spacial score (nSPS) is 10.4. The molecule has 122 valence electrons. The van der Waals surface area contributed by atoms with Gasteiger partial charge in [-0.1, -0.05) is 11.6 Å². The highest BCUT2D eigenvalue weighted by Crippen LogP contribution is 2.28. The summed E-state index contributed by atoms with van der Waals surface area (Å²) in [4.78, 5) is 23.5. The molecule has 0 fully saturated rings. The van der Waals surface area contributed by atoms with Gasteiger partial charge in [-0.25, -0.2) is 9.59 Å². The molecule has 0 aliphatic heterocycles. The van der Waals surface area contributed by atoms with E-state index in [9.17, 15) is 9.59 Å². The molecule has 23 heavy (non-hydrogen) atoms. The number of rotatable bonds is 4. The van der Waals surface area contributed by atoms with E-state index in [0.29, 0.717) is 17.7 Å². The fraction of sp³-hybridized carbons (Fsp3) is 0.333. The van der Waals surface area contributed by atoms with Gasteiger partial charge in [0.2, 0.25) is 0 Å². The Morgan fingerprint density at radius 1 is 1.35 bits per heavy atom. The summed E-state index contributed by atoms with van der Waals surface area (Å²) in [6.07, 6.45) is 2.04. The number of allylic oxidation sites excluding steroid dienone is 2. The Morgan fingerprint density at radius 3 is 2.74 bits per heavy atom. The van der Waals surface area contributed by atoms with Crippen molar-refractivity contribution in [3.05, 3.63) is 51.4 Å². The van der Waals surface area contributed by atoms with E-state index >= 15 is 0 Å². The van der Waals surface area contributed by atoms with Gasteiger partial charge in [-0.15, -0.1) is 0 Å². The number of fused-ring (bicyclic) bond motifs is 1. The van der Waals surface area contributed by atoms with E-state index in [2.05, 4.69) is 5.32 Å². The Bertz CT molecular complexity index is 814. The topological polar surface area (TPSA) is 68.5 Å². The Kier molecular flexibility index (Phi) is 5.21. The minimum atomic E-state index is -0.528. The van der Waals surface area contributed by atoms with E-state index in [4.69, 9.17) is 9.15 Å². The van der Waals surface area contributed by atoms with Crippen LogP contribution in [0.25, 0.3) is 11.0 Å². The number of aryl methyl sites for hydroxylation is 1. The summed E-state index contributed by atoms with van der Waals surface area (Å²) < 4.78 is 10.3. The van der Waals surface area contributed by atoms with Crippen molar-refractivity contribution in [2.75, 3.05) is 11.9 Å². The van der Waals surface area contributed by atoms with E-state index in [-0.39, 0.29) is 6.61 Å². The van der Waals surface area contributed by atoms with E-state index in [0.717, 1.165) is 22.1 Å². The summed E-state index contributed by atoms with van der Waals surface area (Å²) in [5.41, 5.74) is 3.43. The van der Waals surface area contributed by atoms with E-state index in [1.54, 1.807) is 13.0 Å². The van der Waals surface area contributed by atoms with Crippen molar-refractivity contribution in [3.63, 3.8) is 0 Å². The lowest BCUT2D eigenvalue weighted by atomic mass is 10.0. The summed E-state index contributed by atoms with van der Waals surface area (Å²) in [5.74, 6) is 0. The molecule has 1 aromatic carbocycles. The van der Waals surface area contributed by atoms with Crippen LogP contribution in [0.5, 0.6) is 0 Å². The largest absolute Gasteiger partial charge is 0.450 e. The maximum Gasteiger partial charge on any atom is 0.411 e. The van der Waals surface area contributed by atoms with Gasteiger partial charge in [0.15, 0.2) is 0 Å². The number of carbonyl (C=O) groups is 1. The second-order valence-electron chi connectivity index (χ2n) is 5.55. The fourth-order valence-corrected chi connectivity index (χ4v) is 2.34. The van der Waals surface area contributed by atoms with Gasteiger partial charge in [-0.3, -0.25) is 5.32 Å². The Balaban J connectivity index is 2.61. The standard InChI is InChI=1S/C18H21NO4/c1-5-22-18(21)19-15-9-8-13-12(4)10-16(20)23-17(13)14(15)7-6-11(2)3/h6,8-10H,5,7H2,1-4H3,(H,19,21). The predicted octanol–water partition coefficient (Wildman–Crippen LogP) is 4.18. The first kappa shape index (κ1) is 16.8. The van der Waals surface area contributed by atoms with Crippen molar-refractivity contribution < 1.29 is 13.9 Å². The van der Waals surface area contributed by atoms with E-state index in [1.807, 2.05) is 32.9 Å². The van der Waals surface area contributed by atoms with Crippen LogP contribution in [0.1, 0.15) is 31.9 Å². The fourth-order valence-electron chi connectivity index (χ4n) is 2.34. The van der Waals surface area contributed by atoms with Crippen molar-refractivity contribution in [2.24, 2.45) is 0 Å². The second-order valence-corrected chi connectivity index (χ2v) is 5.55. The molecule has 0 atom stereocenters. The van der Waals surface area contributed by atoms with Crippen LogP contribution in [0.15, 0.2) is 39.1 Å². The minimum Gasteiger partial charge on any atom is -0.450 e. The number of anilines is 1. The van der Waals surface area contributed by atoms with Gasteiger partial charge in [0.05, 0.1) is 12.3 Å². The van der Waals surface area contributed by atoms with Gasteiger partial charge < -0.3 is 9.15 Å². The van der Waals surface area contributed by atoms with Crippen LogP contribution in [0, 0.1) is 6.92 Å². The maximum absolute atomic E-state index is 11.7. The number of nitrogens with one attached hydrogen (secondary N) is 1. The lowest BCUT2D eigenvalue weighted by Gasteiger charge is -2.13. The maximum atomic E-state index is 11.7. The van der Waals surface area contributed by atoms with E-state index in [1.165, 1.54) is 6.07 Å². The van der Waals surface area contributed by atoms with Crippen molar-refractivity contribution >= 4 is 22.7 Å². The average Bonchev–Trinajstić information content (AvgIpc) is 2.45. The molecule has 0 aliphatic carbocycles. The predicted molar refractivity (Wildman–Crippen MR) is 91.0 cm³/mol. The number of ether oxygens (including phenoxy) is 1. The molecule has 1 heterocycles. The van der Waals surface area contributed by atoms with Crippen LogP contribution in [0.4, 0.5) is 10.5 Å². The summed E-state index contributed by atoms with van der Waals surface area (Å²) in [6.45, 7) is 7.88. The highest BCUT2D eigenvalue weighted by molar-refractivity contribution is 5.93. The summed E-state index contributed by atoms with van der Waals surface area (Å²) in [6, 6.07) is 5.10. The number of amides is 1. The molecule has 0 bridgehead atoms. The lowest BCUT2D eigenvalue weighted by molar-refractivity contribution is 0.168. The second kappa shape index (κ2) is 7.13. The first-order chi connectivity index (χ1) is 10.9. The summed E-state index contributed by atoms with van der Waals surface area (Å²) in [7, 11) is 0. The van der Waals surface area contributed by atoms with Gasteiger partial charge in [-0.2, -0.15) is 0 Å². The number of benzene rings is 1. The number of carbonyl (C=O) groups excluding carboxylic acids is 1. The summed E-state index contributed by atoms with van der Waals surface area (Å²) >= 11 is 0. The third-order valence-electron chi connectivity index (χ3n) is 3.45. The highest BCUT2D eigenvalue weighted by Gasteiger charge is 2.14. The smallest absolute Gasteiger partial charge is 0.411 e. The molecule has 1 N–H and O–H groups in total. The molecule has 0 spiro atoms. The quantitative estimate of drug-likeness (QED) is 0.679. The molecule has 0 aliphatic rings. The first-order valence-corrected chi connectivity index (χ1v) is 7.55. The van der Waals surface area contributed by atoms with Gasteiger partial charge in [0.1, 0.15) is 5.58 Å². The summed E-state index contributed by atoms with van der Waals surface area (Å²) in [5, 5.41) is 3.57. The minimum absolute atomic E-state index is 0.289. The Hall–Kier alpha value is -2.56. The van der Waals surface area contributed by atoms with Gasteiger partial charge in [0, 0.05) is 17.0 Å². The average molecular weight is 315 g/mol. The monoisotopic (exact) mass is 315 g/mol. The van der Waals surface area contributed by atoms with Crippen molar-refractivity contribution in [1.29, 1.82) is 0 Å². The van der Waals surface area contributed by atoms with Crippen LogP contribution in [0.2, 0.25) is 0 Å².